The van der Waals surface area contributed by atoms with E-state index in [4.69, 9.17) is 16.3 Å². The molecule has 0 spiro atoms. The van der Waals surface area contributed by atoms with Gasteiger partial charge in [-0.05, 0) is 54.7 Å². The Morgan fingerprint density at radius 2 is 2.03 bits per heavy atom. The Labute approximate surface area is 185 Å². The van der Waals surface area contributed by atoms with E-state index in [1.54, 1.807) is 12.1 Å². The maximum absolute atomic E-state index is 12.5. The lowest BCUT2D eigenvalue weighted by Crippen LogP contribution is -2.32. The molecule has 0 radical (unpaired) electrons. The Morgan fingerprint density at radius 1 is 1.23 bits per heavy atom. The monoisotopic (exact) mass is 442 g/mol. The number of hydrogen-bond acceptors (Lipinski definition) is 5. The van der Waals surface area contributed by atoms with E-state index in [0.717, 1.165) is 19.3 Å². The van der Waals surface area contributed by atoms with Crippen molar-refractivity contribution >= 4 is 29.3 Å². The summed E-state index contributed by atoms with van der Waals surface area (Å²) >= 11 is 7.26. The molecular weight excluding hydrogens is 420 g/mol. The highest BCUT2D eigenvalue weighted by atomic mass is 35.5. The molecule has 1 aromatic heterocycles. The first-order chi connectivity index (χ1) is 14.6. The zero-order valence-corrected chi connectivity index (χ0v) is 18.2. The second-order valence-corrected chi connectivity index (χ2v) is 8.58. The highest BCUT2D eigenvalue weighted by Gasteiger charge is 2.21. The summed E-state index contributed by atoms with van der Waals surface area (Å²) in [5.74, 6) is 1.70. The molecule has 2 aromatic carbocycles. The quantitative estimate of drug-likeness (QED) is 0.551. The molecule has 156 valence electrons. The normalized spacial score (nSPS) is 15.5. The molecular formula is C22H23ClN4O2S. The number of fused-ring (bicyclic) bond motifs is 1. The smallest absolute Gasteiger partial charge is 0.230 e. The van der Waals surface area contributed by atoms with Crippen LogP contribution in [0.15, 0.2) is 53.7 Å². The van der Waals surface area contributed by atoms with Crippen molar-refractivity contribution in [2.24, 2.45) is 7.05 Å². The molecule has 1 atom stereocenters. The van der Waals surface area contributed by atoms with Crippen molar-refractivity contribution in [2.45, 2.75) is 37.1 Å². The predicted molar refractivity (Wildman–Crippen MR) is 118 cm³/mol. The van der Waals surface area contributed by atoms with Crippen LogP contribution in [0.5, 0.6) is 5.75 Å². The van der Waals surface area contributed by atoms with Crippen LogP contribution in [0, 0.1) is 0 Å². The largest absolute Gasteiger partial charge is 0.486 e. The van der Waals surface area contributed by atoms with Crippen LogP contribution in [-0.2, 0) is 24.9 Å². The van der Waals surface area contributed by atoms with Crippen molar-refractivity contribution in [3.63, 3.8) is 0 Å². The number of halogens is 1. The lowest BCUT2D eigenvalue weighted by atomic mass is 9.88. The van der Waals surface area contributed by atoms with E-state index in [-0.39, 0.29) is 18.6 Å². The van der Waals surface area contributed by atoms with Gasteiger partial charge in [-0.3, -0.25) is 4.79 Å². The standard InChI is InChI=1S/C22H23ClN4O2S/c1-27-20(13-29-17-11-9-16(23)10-12-17)25-26-22(27)30-14-21(28)24-19-8-4-6-15-5-2-3-7-18(15)19/h2-3,5,7,9-12,19H,4,6,8,13-14H2,1H3,(H,24,28). The minimum Gasteiger partial charge on any atom is -0.486 e. The van der Waals surface area contributed by atoms with Crippen molar-refractivity contribution < 1.29 is 9.53 Å². The Bertz CT molecular complexity index is 1020. The average Bonchev–Trinajstić information content (AvgIpc) is 3.11. The number of hydrogen-bond donors (Lipinski definition) is 1. The van der Waals surface area contributed by atoms with E-state index in [2.05, 4.69) is 33.7 Å². The second-order valence-electron chi connectivity index (χ2n) is 7.20. The number of ether oxygens (including phenoxy) is 1. The summed E-state index contributed by atoms with van der Waals surface area (Å²) in [5.41, 5.74) is 2.57. The summed E-state index contributed by atoms with van der Waals surface area (Å²) in [5, 5.41) is 12.9. The number of nitrogens with one attached hydrogen (secondary N) is 1. The summed E-state index contributed by atoms with van der Waals surface area (Å²) < 4.78 is 7.58. The number of amides is 1. The second kappa shape index (κ2) is 9.53. The molecule has 0 fully saturated rings. The predicted octanol–water partition coefficient (Wildman–Crippen LogP) is 4.33. The Balaban J connectivity index is 1.30. The van der Waals surface area contributed by atoms with Gasteiger partial charge in [-0.25, -0.2) is 0 Å². The van der Waals surface area contributed by atoms with Crippen LogP contribution in [0.3, 0.4) is 0 Å². The third kappa shape index (κ3) is 4.96. The zero-order chi connectivity index (χ0) is 20.9. The van der Waals surface area contributed by atoms with Gasteiger partial charge in [-0.1, -0.05) is 47.6 Å². The fourth-order valence-electron chi connectivity index (χ4n) is 3.55. The molecule has 1 N–H and O–H groups in total. The molecule has 0 bridgehead atoms. The maximum atomic E-state index is 12.5. The lowest BCUT2D eigenvalue weighted by molar-refractivity contribution is -0.119. The molecule has 1 heterocycles. The number of aryl methyl sites for hydroxylation is 1. The fourth-order valence-corrected chi connectivity index (χ4v) is 4.41. The Hall–Kier alpha value is -2.51. The number of benzene rings is 2. The number of aromatic nitrogens is 3. The summed E-state index contributed by atoms with van der Waals surface area (Å²) in [7, 11) is 1.87. The first-order valence-electron chi connectivity index (χ1n) is 9.87. The number of carbonyl (C=O) groups is 1. The number of thioether (sulfide) groups is 1. The third-order valence-electron chi connectivity index (χ3n) is 5.14. The lowest BCUT2D eigenvalue weighted by Gasteiger charge is -2.26. The van der Waals surface area contributed by atoms with E-state index in [9.17, 15) is 4.79 Å². The van der Waals surface area contributed by atoms with Crippen LogP contribution in [-0.4, -0.2) is 26.4 Å². The fraction of sp³-hybridized carbons (Fsp3) is 0.318. The van der Waals surface area contributed by atoms with Gasteiger partial charge in [-0.2, -0.15) is 0 Å². The van der Waals surface area contributed by atoms with Crippen molar-refractivity contribution in [1.82, 2.24) is 20.1 Å². The summed E-state index contributed by atoms with van der Waals surface area (Å²) in [6.45, 7) is 0.288. The van der Waals surface area contributed by atoms with Gasteiger partial charge in [0, 0.05) is 12.1 Å². The van der Waals surface area contributed by atoms with Crippen LogP contribution in [0.4, 0.5) is 0 Å². The Morgan fingerprint density at radius 3 is 2.87 bits per heavy atom. The summed E-state index contributed by atoms with van der Waals surface area (Å²) in [6.07, 6.45) is 3.15. The van der Waals surface area contributed by atoms with Gasteiger partial charge in [0.2, 0.25) is 5.91 Å². The molecule has 0 saturated carbocycles. The molecule has 1 amide bonds. The molecule has 30 heavy (non-hydrogen) atoms. The molecule has 0 aliphatic heterocycles. The van der Waals surface area contributed by atoms with Crippen LogP contribution in [0.25, 0.3) is 0 Å². The first kappa shape index (κ1) is 20.8. The molecule has 3 aromatic rings. The van der Waals surface area contributed by atoms with Crippen molar-refractivity contribution in [3.05, 3.63) is 70.5 Å². The maximum Gasteiger partial charge on any atom is 0.230 e. The van der Waals surface area contributed by atoms with Crippen molar-refractivity contribution in [3.8, 4) is 5.75 Å². The number of rotatable bonds is 7. The minimum absolute atomic E-state index is 0.00340. The van der Waals surface area contributed by atoms with E-state index < -0.39 is 0 Å². The van der Waals surface area contributed by atoms with Gasteiger partial charge >= 0.3 is 0 Å². The zero-order valence-electron chi connectivity index (χ0n) is 16.7. The topological polar surface area (TPSA) is 69.0 Å². The third-order valence-corrected chi connectivity index (χ3v) is 6.42. The van der Waals surface area contributed by atoms with Crippen LogP contribution < -0.4 is 10.1 Å². The molecule has 1 unspecified atom stereocenters. The molecule has 1 aliphatic rings. The van der Waals surface area contributed by atoms with Crippen LogP contribution >= 0.6 is 23.4 Å². The molecule has 1 aliphatic carbocycles. The van der Waals surface area contributed by atoms with E-state index in [1.807, 2.05) is 29.8 Å². The van der Waals surface area contributed by atoms with E-state index in [1.165, 1.54) is 22.9 Å². The van der Waals surface area contributed by atoms with Crippen LogP contribution in [0.1, 0.15) is 35.8 Å². The highest BCUT2D eigenvalue weighted by molar-refractivity contribution is 7.99. The average molecular weight is 443 g/mol. The number of carbonyl (C=O) groups excluding carboxylic acids is 1. The Kier molecular flexibility index (Phi) is 6.59. The molecule has 6 nitrogen and oxygen atoms in total. The van der Waals surface area contributed by atoms with E-state index in [0.29, 0.717) is 27.5 Å². The first-order valence-corrected chi connectivity index (χ1v) is 11.2. The van der Waals surface area contributed by atoms with Gasteiger partial charge in [0.05, 0.1) is 11.8 Å². The summed E-state index contributed by atoms with van der Waals surface area (Å²) in [6, 6.07) is 15.6. The van der Waals surface area contributed by atoms with Gasteiger partial charge in [0.25, 0.3) is 0 Å². The SMILES string of the molecule is Cn1c(COc2ccc(Cl)cc2)nnc1SCC(=O)NC1CCCc2ccccc21. The van der Waals surface area contributed by atoms with Crippen molar-refractivity contribution in [1.29, 1.82) is 0 Å². The summed E-state index contributed by atoms with van der Waals surface area (Å²) in [4.78, 5) is 12.5. The van der Waals surface area contributed by atoms with Crippen molar-refractivity contribution in [2.75, 3.05) is 5.75 Å². The van der Waals surface area contributed by atoms with Crippen LogP contribution in [0.2, 0.25) is 5.02 Å². The van der Waals surface area contributed by atoms with E-state index >= 15 is 0 Å². The van der Waals surface area contributed by atoms with Gasteiger partial charge < -0.3 is 14.6 Å². The van der Waals surface area contributed by atoms with Gasteiger partial charge in [0.15, 0.2) is 11.0 Å². The molecule has 4 rings (SSSR count). The molecule has 0 saturated heterocycles. The minimum atomic E-state index is 0.00340. The van der Waals surface area contributed by atoms with Gasteiger partial charge in [-0.15, -0.1) is 10.2 Å². The molecule has 8 heteroatoms. The number of nitrogens with zero attached hydrogens (tertiary/aromatic N) is 3. The highest BCUT2D eigenvalue weighted by Crippen LogP contribution is 2.29. The van der Waals surface area contributed by atoms with Gasteiger partial charge in [0.1, 0.15) is 12.4 Å².